The number of benzene rings is 2. The van der Waals surface area contributed by atoms with Gasteiger partial charge >= 0.3 is 0 Å². The number of carbonyl (C=O) groups is 2. The number of hydrogen-bond donors (Lipinski definition) is 1. The van der Waals surface area contributed by atoms with E-state index in [1.807, 2.05) is 13.8 Å². The molecule has 186 valence electrons. The lowest BCUT2D eigenvalue weighted by molar-refractivity contribution is -0.139. The highest BCUT2D eigenvalue weighted by Crippen LogP contribution is 2.27. The summed E-state index contributed by atoms with van der Waals surface area (Å²) < 4.78 is 26.3. The molecule has 2 aromatic rings. The maximum atomic E-state index is 13.5. The Balaban J connectivity index is 2.43. The number of aryl methyl sites for hydroxylation is 1. The molecule has 0 spiro atoms. The van der Waals surface area contributed by atoms with E-state index in [4.69, 9.17) is 23.2 Å². The van der Waals surface area contributed by atoms with Crippen molar-refractivity contribution in [2.75, 3.05) is 17.1 Å². The van der Waals surface area contributed by atoms with E-state index in [9.17, 15) is 18.0 Å². The minimum Gasteiger partial charge on any atom is -0.352 e. The van der Waals surface area contributed by atoms with Gasteiger partial charge in [0.2, 0.25) is 21.8 Å². The number of nitrogens with zero attached hydrogens (tertiary/aromatic N) is 2. The Labute approximate surface area is 212 Å². The van der Waals surface area contributed by atoms with E-state index in [1.165, 1.54) is 11.0 Å². The van der Waals surface area contributed by atoms with Crippen LogP contribution in [0.15, 0.2) is 42.5 Å². The van der Waals surface area contributed by atoms with E-state index in [0.29, 0.717) is 26.9 Å². The summed E-state index contributed by atoms with van der Waals surface area (Å²) in [6.07, 6.45) is 1.76. The Morgan fingerprint density at radius 2 is 1.71 bits per heavy atom. The highest BCUT2D eigenvalue weighted by atomic mass is 35.5. The lowest BCUT2D eigenvalue weighted by atomic mass is 10.1. The second-order valence-electron chi connectivity index (χ2n) is 8.35. The molecule has 0 unspecified atom stereocenters. The quantitative estimate of drug-likeness (QED) is 0.495. The van der Waals surface area contributed by atoms with Gasteiger partial charge in [0, 0.05) is 22.6 Å². The van der Waals surface area contributed by atoms with Gasteiger partial charge in [-0.2, -0.15) is 0 Å². The van der Waals surface area contributed by atoms with Crippen molar-refractivity contribution >= 4 is 50.7 Å². The van der Waals surface area contributed by atoms with Crippen LogP contribution >= 0.6 is 23.2 Å². The highest BCUT2D eigenvalue weighted by molar-refractivity contribution is 7.92. The summed E-state index contributed by atoms with van der Waals surface area (Å²) in [4.78, 5) is 27.8. The molecule has 0 heterocycles. The molecule has 2 atom stereocenters. The third-order valence-electron chi connectivity index (χ3n) is 5.53. The maximum absolute atomic E-state index is 13.5. The van der Waals surface area contributed by atoms with E-state index in [2.05, 4.69) is 5.32 Å². The van der Waals surface area contributed by atoms with Gasteiger partial charge < -0.3 is 10.2 Å². The molecule has 0 bridgehead atoms. The van der Waals surface area contributed by atoms with Crippen molar-refractivity contribution in [2.24, 2.45) is 0 Å². The number of anilines is 1. The van der Waals surface area contributed by atoms with Gasteiger partial charge in [-0.3, -0.25) is 13.9 Å². The van der Waals surface area contributed by atoms with E-state index < -0.39 is 28.5 Å². The Morgan fingerprint density at radius 3 is 2.29 bits per heavy atom. The molecule has 2 rings (SSSR count). The number of halogens is 2. The third-order valence-corrected chi connectivity index (χ3v) is 7.13. The van der Waals surface area contributed by atoms with Crippen LogP contribution in [-0.2, 0) is 26.2 Å². The normalized spacial score (nSPS) is 13.1. The van der Waals surface area contributed by atoms with Crippen LogP contribution in [0.3, 0.4) is 0 Å². The highest BCUT2D eigenvalue weighted by Gasteiger charge is 2.31. The average Bonchev–Trinajstić information content (AvgIpc) is 2.76. The van der Waals surface area contributed by atoms with Crippen LogP contribution in [0.25, 0.3) is 0 Å². The molecule has 0 aromatic heterocycles. The molecule has 0 aliphatic heterocycles. The first kappa shape index (κ1) is 28.0. The molecular weight excluding hydrogens is 497 g/mol. The fourth-order valence-corrected chi connectivity index (χ4v) is 4.60. The van der Waals surface area contributed by atoms with Crippen molar-refractivity contribution in [1.29, 1.82) is 0 Å². The average molecular weight is 529 g/mol. The van der Waals surface area contributed by atoms with Crippen LogP contribution in [0.1, 0.15) is 38.3 Å². The number of sulfonamides is 1. The van der Waals surface area contributed by atoms with Crippen molar-refractivity contribution in [1.82, 2.24) is 10.2 Å². The van der Waals surface area contributed by atoms with Crippen LogP contribution in [0, 0.1) is 6.92 Å². The lowest BCUT2D eigenvalue weighted by Crippen LogP contribution is -2.52. The third kappa shape index (κ3) is 7.61. The minimum atomic E-state index is -3.83. The van der Waals surface area contributed by atoms with E-state index in [0.717, 1.165) is 17.0 Å². The SMILES string of the molecule is CC[C@H](C)NC(=O)[C@H](C)N(Cc1cccc(Cl)c1)C(=O)CN(c1cc(Cl)ccc1C)S(C)(=O)=O. The van der Waals surface area contributed by atoms with Gasteiger partial charge in [-0.1, -0.05) is 48.3 Å². The zero-order chi connectivity index (χ0) is 25.6. The number of nitrogens with one attached hydrogen (secondary N) is 1. The van der Waals surface area contributed by atoms with Crippen molar-refractivity contribution in [3.8, 4) is 0 Å². The van der Waals surface area contributed by atoms with Crippen molar-refractivity contribution in [3.05, 3.63) is 63.6 Å². The first-order chi connectivity index (χ1) is 15.8. The largest absolute Gasteiger partial charge is 0.352 e. The van der Waals surface area contributed by atoms with Crippen LogP contribution < -0.4 is 9.62 Å². The molecule has 2 amide bonds. The Bertz CT molecular complexity index is 1140. The maximum Gasteiger partial charge on any atom is 0.244 e. The zero-order valence-electron chi connectivity index (χ0n) is 20.0. The summed E-state index contributed by atoms with van der Waals surface area (Å²) >= 11 is 12.2. The molecule has 0 fully saturated rings. The van der Waals surface area contributed by atoms with E-state index in [1.54, 1.807) is 50.2 Å². The van der Waals surface area contributed by atoms with Gasteiger partial charge in [0.15, 0.2) is 0 Å². The number of amides is 2. The van der Waals surface area contributed by atoms with Crippen LogP contribution in [-0.4, -0.2) is 50.0 Å². The summed E-state index contributed by atoms with van der Waals surface area (Å²) in [7, 11) is -3.83. The Morgan fingerprint density at radius 1 is 1.06 bits per heavy atom. The van der Waals surface area contributed by atoms with Crippen molar-refractivity contribution in [2.45, 2.75) is 52.7 Å². The molecule has 10 heteroatoms. The zero-order valence-corrected chi connectivity index (χ0v) is 22.3. The predicted octanol–water partition coefficient (Wildman–Crippen LogP) is 4.40. The molecule has 0 saturated carbocycles. The summed E-state index contributed by atoms with van der Waals surface area (Å²) in [5.41, 5.74) is 1.67. The fourth-order valence-electron chi connectivity index (χ4n) is 3.33. The standard InChI is InChI=1S/C24H31Cl2N3O4S/c1-6-17(3)27-24(31)18(4)28(14-19-8-7-9-20(25)12-19)23(30)15-29(34(5,32)33)22-13-21(26)11-10-16(22)2/h7-13,17-18H,6,14-15H2,1-5H3,(H,27,31)/t17-,18-/m0/s1. The van der Waals surface area contributed by atoms with Crippen LogP contribution in [0.5, 0.6) is 0 Å². The molecule has 0 aliphatic rings. The Kier molecular flexibility index (Phi) is 9.79. The molecule has 2 aromatic carbocycles. The van der Waals surface area contributed by atoms with Crippen LogP contribution in [0.2, 0.25) is 10.0 Å². The monoisotopic (exact) mass is 527 g/mol. The Hall–Kier alpha value is -2.29. The molecule has 34 heavy (non-hydrogen) atoms. The van der Waals surface area contributed by atoms with Crippen molar-refractivity contribution < 1.29 is 18.0 Å². The van der Waals surface area contributed by atoms with Gasteiger partial charge in [0.1, 0.15) is 12.6 Å². The topological polar surface area (TPSA) is 86.8 Å². The molecule has 7 nitrogen and oxygen atoms in total. The van der Waals surface area contributed by atoms with Gasteiger partial charge in [-0.25, -0.2) is 8.42 Å². The summed E-state index contributed by atoms with van der Waals surface area (Å²) in [6.45, 7) is 6.78. The van der Waals surface area contributed by atoms with Gasteiger partial charge in [-0.05, 0) is 62.6 Å². The molecule has 0 saturated heterocycles. The second-order valence-corrected chi connectivity index (χ2v) is 11.1. The minimum absolute atomic E-state index is 0.0697. The van der Waals surface area contributed by atoms with E-state index >= 15 is 0 Å². The number of hydrogen-bond acceptors (Lipinski definition) is 4. The summed E-state index contributed by atoms with van der Waals surface area (Å²) in [6, 6.07) is 10.9. The van der Waals surface area contributed by atoms with Gasteiger partial charge in [0.25, 0.3) is 0 Å². The van der Waals surface area contributed by atoms with Crippen LogP contribution in [0.4, 0.5) is 5.69 Å². The smallest absolute Gasteiger partial charge is 0.244 e. The van der Waals surface area contributed by atoms with Gasteiger partial charge in [0.05, 0.1) is 11.9 Å². The lowest BCUT2D eigenvalue weighted by Gasteiger charge is -2.32. The molecule has 0 aliphatic carbocycles. The number of carbonyl (C=O) groups excluding carboxylic acids is 2. The van der Waals surface area contributed by atoms with Crippen molar-refractivity contribution in [3.63, 3.8) is 0 Å². The molecule has 0 radical (unpaired) electrons. The first-order valence-corrected chi connectivity index (χ1v) is 13.5. The summed E-state index contributed by atoms with van der Waals surface area (Å²) in [5, 5.41) is 3.73. The van der Waals surface area contributed by atoms with Gasteiger partial charge in [-0.15, -0.1) is 0 Å². The fraction of sp³-hybridized carbons (Fsp3) is 0.417. The second kappa shape index (κ2) is 11.9. The predicted molar refractivity (Wildman–Crippen MR) is 138 cm³/mol. The van der Waals surface area contributed by atoms with E-state index in [-0.39, 0.29) is 18.5 Å². The summed E-state index contributed by atoms with van der Waals surface area (Å²) in [5.74, 6) is -0.855. The number of rotatable bonds is 10. The molecule has 1 N–H and O–H groups in total. The molecular formula is C24H31Cl2N3O4S. The first-order valence-electron chi connectivity index (χ1n) is 10.9.